The van der Waals surface area contributed by atoms with E-state index in [4.69, 9.17) is 23.7 Å². The standard InChI is InChI=1S/C19H23N5O4.C17H20BrN5O3.C4H7O.3C4H9.Sn/c1-12(25)14-11-21-19(23-17(14)20-2)22-15-5-4-13(10-16(15)27-3)18(26)24-6-8-28-9-7-24;1-19-15-12(18)10-20-17(22-15)21-13-4-3-11(9-14(13)25-2)16(24)23-5-7-26-8-6-23;1-3-5-4-2;3*1-3-4-2;/h4-5,10-11H,6-9H2,1-3H3,(H2,20,21,22,23);3-4,9-10H,5-8H2,1-2H3,(H2,19,20,21,22);1,4H2,2H3;3*1,3-4H2,2H3;. The summed E-state index contributed by atoms with van der Waals surface area (Å²) < 4.78 is 33.8. The Hall–Kier alpha value is -5.25. The van der Waals surface area contributed by atoms with Crippen LogP contribution in [0, 0.1) is 0 Å². The second-order valence-corrected chi connectivity index (χ2v) is 31.3. The summed E-state index contributed by atoms with van der Waals surface area (Å²) in [5.41, 5.74) is 2.80. The van der Waals surface area contributed by atoms with Crippen LogP contribution in [-0.2, 0) is 14.2 Å². The minimum atomic E-state index is -2.24. The maximum Gasteiger partial charge on any atom is 0.254 e. The number of methoxy groups -OCH3 is 2. The van der Waals surface area contributed by atoms with Crippen LogP contribution >= 0.6 is 15.9 Å². The fourth-order valence-corrected chi connectivity index (χ4v) is 23.2. The number of Topliss-reactive ketones (excluding diaryl/α,β-unsaturated/α-hetero) is 1. The molecular weight excluding hydrogens is 1090 g/mol. The number of benzene rings is 2. The van der Waals surface area contributed by atoms with Gasteiger partial charge in [-0.15, -0.1) is 0 Å². The molecule has 18 nitrogen and oxygen atoms in total. The Morgan fingerprint density at radius 2 is 1.12 bits per heavy atom. The number of morpholine rings is 2. The first-order chi connectivity index (χ1) is 34.8. The molecule has 2 aromatic heterocycles. The second-order valence-electron chi connectivity index (χ2n) is 17.2. The third kappa shape index (κ3) is 17.5. The Kier molecular flexibility index (Phi) is 25.8. The van der Waals surface area contributed by atoms with Crippen LogP contribution < -0.4 is 30.7 Å². The number of aromatic nitrogens is 4. The third-order valence-corrected chi connectivity index (χ3v) is 27.9. The average molecular weight is 1170 g/mol. The summed E-state index contributed by atoms with van der Waals surface area (Å²) in [6, 6.07) is 10.4. The second kappa shape index (κ2) is 31.4. The van der Waals surface area contributed by atoms with Gasteiger partial charge in [0.2, 0.25) is 11.9 Å². The summed E-state index contributed by atoms with van der Waals surface area (Å²) in [6.07, 6.45) is 11.2. The molecule has 0 aliphatic carbocycles. The van der Waals surface area contributed by atoms with Crippen LogP contribution in [0.4, 0.5) is 34.9 Å². The summed E-state index contributed by atoms with van der Waals surface area (Å²) in [4.78, 5) is 57.5. The number of hydrogen-bond donors (Lipinski definition) is 4. The van der Waals surface area contributed by atoms with Crippen molar-refractivity contribution in [1.29, 1.82) is 0 Å². The Morgan fingerprint density at radius 3 is 1.51 bits per heavy atom. The molecule has 0 saturated carbocycles. The summed E-state index contributed by atoms with van der Waals surface area (Å²) in [5, 5.41) is 12.1. The number of halogens is 1. The van der Waals surface area contributed by atoms with Gasteiger partial charge < -0.3 is 50.0 Å². The molecule has 0 unspecified atom stereocenters. The number of hydrogen-bond acceptors (Lipinski definition) is 16. The van der Waals surface area contributed by atoms with Crippen molar-refractivity contribution in [2.24, 2.45) is 0 Å². The summed E-state index contributed by atoms with van der Waals surface area (Å²) in [5.74, 6) is 2.64. The Balaban J connectivity index is 0.000000241. The van der Waals surface area contributed by atoms with Crippen molar-refractivity contribution in [1.82, 2.24) is 29.7 Å². The zero-order chi connectivity index (χ0) is 52.5. The number of carbonyl (C=O) groups is 3. The van der Waals surface area contributed by atoms with Crippen LogP contribution in [0.1, 0.15) is 104 Å². The fraction of sp³-hybridized carbons (Fsp3) is 0.519. The zero-order valence-corrected chi connectivity index (χ0v) is 48.3. The number of amides is 2. The number of carbonyl (C=O) groups excluding carboxylic acids is 3. The zero-order valence-electron chi connectivity index (χ0n) is 43.9. The van der Waals surface area contributed by atoms with Crippen LogP contribution in [0.3, 0.4) is 0 Å². The Labute approximate surface area is 439 Å². The third-order valence-electron chi connectivity index (χ3n) is 12.3. The number of nitrogens with zero attached hydrogens (tertiary/aromatic N) is 6. The normalized spacial score (nSPS) is 13.3. The molecule has 6 rings (SSSR count). The smallest absolute Gasteiger partial charge is 0.254 e. The molecule has 20 heteroatoms. The SMILES string of the molecule is C=[C](OCC)[Sn]([CH2]CCC)([CH2]CCC)[CH2]CCC.CNc1nc(Nc2ccc(C(=O)N3CCOCC3)cc2OC)ncc1Br.CNc1nc(Nc2ccc(C(=O)N3CCOCC3)cc2OC)ncc1C(C)=O. The quantitative estimate of drug-likeness (QED) is 0.0310. The number of ether oxygens (including phenoxy) is 5. The minimum Gasteiger partial charge on any atom is -0.495 e. The predicted octanol–water partition coefficient (Wildman–Crippen LogP) is 10.4. The Bertz CT molecular complexity index is 2350. The molecule has 0 spiro atoms. The molecule has 2 amide bonds. The van der Waals surface area contributed by atoms with E-state index in [-0.39, 0.29) is 17.6 Å². The number of ketones is 1. The van der Waals surface area contributed by atoms with Gasteiger partial charge in [0.05, 0.1) is 62.1 Å². The summed E-state index contributed by atoms with van der Waals surface area (Å²) in [7, 11) is 6.56. The van der Waals surface area contributed by atoms with Gasteiger partial charge >= 0.3 is 120 Å². The number of rotatable bonds is 23. The van der Waals surface area contributed by atoms with Gasteiger partial charge in [-0.05, 0) is 59.3 Å². The van der Waals surface area contributed by atoms with Gasteiger partial charge in [0.15, 0.2) is 5.78 Å². The van der Waals surface area contributed by atoms with E-state index in [1.807, 2.05) is 0 Å². The molecule has 72 heavy (non-hydrogen) atoms. The molecule has 4 N–H and O–H groups in total. The van der Waals surface area contributed by atoms with E-state index in [0.29, 0.717) is 116 Å². The van der Waals surface area contributed by atoms with E-state index in [2.05, 4.69) is 91.4 Å². The molecule has 2 aromatic carbocycles. The molecule has 0 bridgehead atoms. The van der Waals surface area contributed by atoms with Gasteiger partial charge in [-0.2, -0.15) is 9.97 Å². The topological polar surface area (TPSA) is 204 Å². The molecule has 0 radical (unpaired) electrons. The van der Waals surface area contributed by atoms with Gasteiger partial charge in [0.1, 0.15) is 23.1 Å². The van der Waals surface area contributed by atoms with E-state index < -0.39 is 18.4 Å². The van der Waals surface area contributed by atoms with E-state index >= 15 is 0 Å². The number of nitrogens with one attached hydrogen (secondary N) is 4. The first kappa shape index (κ1) is 59.3. The first-order valence-electron chi connectivity index (χ1n) is 25.0. The largest absolute Gasteiger partial charge is 0.495 e. The van der Waals surface area contributed by atoms with Crippen LogP contribution in [0.25, 0.3) is 0 Å². The molecule has 0 atom stereocenters. The molecule has 394 valence electrons. The van der Waals surface area contributed by atoms with E-state index in [1.165, 1.54) is 75.8 Å². The predicted molar refractivity (Wildman–Crippen MR) is 293 cm³/mol. The van der Waals surface area contributed by atoms with Crippen molar-refractivity contribution < 1.29 is 38.1 Å². The van der Waals surface area contributed by atoms with Crippen molar-refractivity contribution in [2.45, 2.75) is 86.5 Å². The van der Waals surface area contributed by atoms with Crippen molar-refractivity contribution in [3.63, 3.8) is 0 Å². The van der Waals surface area contributed by atoms with Gasteiger partial charge in [-0.25, -0.2) is 9.97 Å². The molecule has 2 fully saturated rings. The van der Waals surface area contributed by atoms with E-state index in [0.717, 1.165) is 11.1 Å². The molecular formula is C52H77BrN10O8Sn. The van der Waals surface area contributed by atoms with Crippen LogP contribution in [0.2, 0.25) is 13.3 Å². The molecule has 2 aliphatic heterocycles. The van der Waals surface area contributed by atoms with Gasteiger partial charge in [-0.1, -0.05) is 0 Å². The van der Waals surface area contributed by atoms with Crippen molar-refractivity contribution >= 4 is 86.8 Å². The first-order valence-corrected chi connectivity index (χ1v) is 33.3. The van der Waals surface area contributed by atoms with Crippen LogP contribution in [-0.4, -0.2) is 153 Å². The number of anilines is 6. The van der Waals surface area contributed by atoms with Gasteiger partial charge in [-0.3, -0.25) is 14.4 Å². The van der Waals surface area contributed by atoms with Crippen LogP contribution in [0.5, 0.6) is 11.5 Å². The summed E-state index contributed by atoms with van der Waals surface area (Å²) in [6.45, 7) is 20.2. The van der Waals surface area contributed by atoms with Crippen molar-refractivity contribution in [3.8, 4) is 11.5 Å². The van der Waals surface area contributed by atoms with Gasteiger partial charge in [0.25, 0.3) is 11.8 Å². The van der Waals surface area contributed by atoms with E-state index in [1.54, 1.807) is 73.6 Å². The molecule has 2 aliphatic rings. The maximum absolute atomic E-state index is 12.7. The average Bonchev–Trinajstić information content (AvgIpc) is 3.41. The molecule has 2 saturated heterocycles. The van der Waals surface area contributed by atoms with E-state index in [9.17, 15) is 14.4 Å². The van der Waals surface area contributed by atoms with Crippen LogP contribution in [0.15, 0.2) is 63.6 Å². The maximum atomic E-state index is 12.7. The molecule has 4 heterocycles. The Morgan fingerprint density at radius 1 is 0.694 bits per heavy atom. The van der Waals surface area contributed by atoms with Crippen molar-refractivity contribution in [3.05, 3.63) is 80.3 Å². The minimum absolute atomic E-state index is 0.0319. The molecule has 4 aromatic rings. The monoisotopic (exact) mass is 1170 g/mol. The summed E-state index contributed by atoms with van der Waals surface area (Å²) >= 11 is 1.13. The fourth-order valence-electron chi connectivity index (χ4n) is 8.15. The number of unbranched alkanes of at least 4 members (excludes halogenated alkanes) is 3. The van der Waals surface area contributed by atoms with Gasteiger partial charge in [0, 0.05) is 63.8 Å². The van der Waals surface area contributed by atoms with Crippen molar-refractivity contribution in [2.75, 3.05) is 109 Å².